The average molecular weight is 354 g/mol. The lowest BCUT2D eigenvalue weighted by molar-refractivity contribution is -0.120. The molecule has 0 unspecified atom stereocenters. The number of nitrogens with zero attached hydrogens (tertiary/aromatic N) is 2. The largest absolute Gasteiger partial charge is 0.492 e. The average Bonchev–Trinajstić information content (AvgIpc) is 3.18. The predicted molar refractivity (Wildman–Crippen MR) is 102 cm³/mol. The molecule has 0 fully saturated rings. The lowest BCUT2D eigenvalue weighted by atomic mass is 10.1. The van der Waals surface area contributed by atoms with Gasteiger partial charge < -0.3 is 15.0 Å². The third-order valence-corrected chi connectivity index (χ3v) is 4.47. The number of fused-ring (bicyclic) bond motifs is 1. The molecule has 3 rings (SSSR count). The first-order chi connectivity index (χ1) is 12.6. The summed E-state index contributed by atoms with van der Waals surface area (Å²) >= 11 is 0. The molecule has 6 heteroatoms. The van der Waals surface area contributed by atoms with Crippen LogP contribution in [0.4, 0.5) is 0 Å². The van der Waals surface area contributed by atoms with E-state index in [1.807, 2.05) is 42.9 Å². The van der Waals surface area contributed by atoms with Crippen LogP contribution in [0.2, 0.25) is 0 Å². The summed E-state index contributed by atoms with van der Waals surface area (Å²) in [5.74, 6) is 0.930. The highest BCUT2D eigenvalue weighted by Gasteiger charge is 2.10. The second kappa shape index (κ2) is 8.08. The van der Waals surface area contributed by atoms with Crippen LogP contribution in [0.1, 0.15) is 30.3 Å². The van der Waals surface area contributed by atoms with Gasteiger partial charge in [-0.25, -0.2) is 0 Å². The van der Waals surface area contributed by atoms with Crippen molar-refractivity contribution in [1.82, 2.24) is 20.1 Å². The summed E-state index contributed by atoms with van der Waals surface area (Å²) < 4.78 is 7.79. The number of amides is 1. The molecular formula is C20H26N4O2. The number of ether oxygens (including phenoxy) is 1. The molecule has 6 nitrogen and oxygen atoms in total. The molecule has 26 heavy (non-hydrogen) atoms. The van der Waals surface area contributed by atoms with Gasteiger partial charge in [0.05, 0.1) is 12.2 Å². The number of carbonyl (C=O) groups is 1. The number of nitrogens with one attached hydrogen (secondary N) is 2. The molecule has 2 N–H and O–H groups in total. The Morgan fingerprint density at radius 2 is 2.15 bits per heavy atom. The minimum absolute atomic E-state index is 0.0837. The van der Waals surface area contributed by atoms with Crippen LogP contribution in [0.5, 0.6) is 5.75 Å². The van der Waals surface area contributed by atoms with Gasteiger partial charge in [0.25, 0.3) is 0 Å². The van der Waals surface area contributed by atoms with Gasteiger partial charge in [-0.15, -0.1) is 0 Å². The number of aromatic nitrogens is 3. The zero-order valence-corrected chi connectivity index (χ0v) is 15.6. The molecule has 2 aromatic heterocycles. The predicted octanol–water partition coefficient (Wildman–Crippen LogP) is 3.13. The summed E-state index contributed by atoms with van der Waals surface area (Å²) in [6, 6.07) is 8.08. The number of benzene rings is 1. The van der Waals surface area contributed by atoms with E-state index in [4.69, 9.17) is 4.74 Å². The molecular weight excluding hydrogens is 328 g/mol. The van der Waals surface area contributed by atoms with Gasteiger partial charge in [0.1, 0.15) is 12.4 Å². The minimum atomic E-state index is 0.0837. The maximum Gasteiger partial charge on any atom is 0.219 e. The van der Waals surface area contributed by atoms with Gasteiger partial charge >= 0.3 is 0 Å². The van der Waals surface area contributed by atoms with E-state index in [2.05, 4.69) is 28.4 Å². The van der Waals surface area contributed by atoms with Gasteiger partial charge in [0.2, 0.25) is 5.91 Å². The Morgan fingerprint density at radius 3 is 2.88 bits per heavy atom. The number of hydrogen-bond acceptors (Lipinski definition) is 3. The summed E-state index contributed by atoms with van der Waals surface area (Å²) in [7, 11) is 0. The van der Waals surface area contributed by atoms with Crippen LogP contribution in [-0.2, 0) is 17.8 Å². The van der Waals surface area contributed by atoms with Crippen LogP contribution in [0, 0.1) is 13.8 Å². The molecule has 1 aromatic carbocycles. The van der Waals surface area contributed by atoms with Crippen LogP contribution >= 0.6 is 0 Å². The van der Waals surface area contributed by atoms with Crippen LogP contribution in [0.15, 0.2) is 30.5 Å². The maximum absolute atomic E-state index is 11.4. The van der Waals surface area contributed by atoms with Crippen molar-refractivity contribution in [3.05, 3.63) is 47.4 Å². The van der Waals surface area contributed by atoms with Crippen LogP contribution in [0.3, 0.4) is 0 Å². The molecule has 0 spiro atoms. The molecule has 1 amide bonds. The van der Waals surface area contributed by atoms with E-state index >= 15 is 0 Å². The van der Waals surface area contributed by atoms with Crippen molar-refractivity contribution >= 4 is 16.8 Å². The molecule has 0 radical (unpaired) electrons. The smallest absolute Gasteiger partial charge is 0.219 e. The topological polar surface area (TPSA) is 71.9 Å². The Morgan fingerprint density at radius 1 is 1.31 bits per heavy atom. The molecule has 0 saturated heterocycles. The third-order valence-electron chi connectivity index (χ3n) is 4.47. The molecule has 0 bridgehead atoms. The number of H-pyrrole nitrogens is 1. The second-order valence-electron chi connectivity index (χ2n) is 6.46. The molecule has 0 aliphatic rings. The number of aromatic amines is 1. The zero-order valence-electron chi connectivity index (χ0n) is 15.6. The van der Waals surface area contributed by atoms with E-state index in [-0.39, 0.29) is 5.91 Å². The van der Waals surface area contributed by atoms with E-state index < -0.39 is 0 Å². The first-order valence-corrected chi connectivity index (χ1v) is 9.07. The molecule has 0 saturated carbocycles. The lowest BCUT2D eigenvalue weighted by Gasteiger charge is -2.08. The van der Waals surface area contributed by atoms with Crippen molar-refractivity contribution in [2.75, 3.05) is 13.2 Å². The van der Waals surface area contributed by atoms with Crippen molar-refractivity contribution < 1.29 is 9.53 Å². The third kappa shape index (κ3) is 4.25. The molecule has 3 aromatic rings. The lowest BCUT2D eigenvalue weighted by Crippen LogP contribution is -2.24. The molecule has 0 aliphatic carbocycles. The number of carbonyl (C=O) groups excluding carboxylic acids is 1. The van der Waals surface area contributed by atoms with E-state index in [0.29, 0.717) is 26.1 Å². The number of rotatable bonds is 8. The van der Waals surface area contributed by atoms with E-state index in [9.17, 15) is 4.79 Å². The first kappa shape index (κ1) is 18.0. The highest BCUT2D eigenvalue weighted by atomic mass is 16.5. The summed E-state index contributed by atoms with van der Waals surface area (Å²) in [5.41, 5.74) is 4.46. The van der Waals surface area contributed by atoms with Gasteiger partial charge in [-0.1, -0.05) is 6.92 Å². The van der Waals surface area contributed by atoms with E-state index in [1.54, 1.807) is 0 Å². The molecule has 0 aliphatic heterocycles. The summed E-state index contributed by atoms with van der Waals surface area (Å²) in [5, 5.41) is 8.45. The van der Waals surface area contributed by atoms with Crippen LogP contribution in [-0.4, -0.2) is 33.8 Å². The summed E-state index contributed by atoms with van der Waals surface area (Å²) in [4.78, 5) is 14.8. The highest BCUT2D eigenvalue weighted by Crippen LogP contribution is 2.26. The van der Waals surface area contributed by atoms with Gasteiger partial charge in [-0.3, -0.25) is 9.48 Å². The van der Waals surface area contributed by atoms with Gasteiger partial charge in [0, 0.05) is 35.8 Å². The van der Waals surface area contributed by atoms with E-state index in [0.717, 1.165) is 34.5 Å². The second-order valence-corrected chi connectivity index (χ2v) is 6.46. The normalized spacial score (nSPS) is 11.0. The Bertz CT molecular complexity index is 894. The van der Waals surface area contributed by atoms with Gasteiger partial charge in [-0.2, -0.15) is 5.10 Å². The Hall–Kier alpha value is -2.76. The maximum atomic E-state index is 11.4. The summed E-state index contributed by atoms with van der Waals surface area (Å²) in [6.45, 7) is 7.83. The number of hydrogen-bond donors (Lipinski definition) is 2. The number of aryl methyl sites for hydroxylation is 2. The molecule has 2 heterocycles. The summed E-state index contributed by atoms with van der Waals surface area (Å²) in [6.07, 6.45) is 3.27. The van der Waals surface area contributed by atoms with Crippen molar-refractivity contribution in [3.8, 4) is 5.75 Å². The SMILES string of the molecule is CCC(=O)NCCc1c(C)[nH]c2ccc(OCCn3ccc(C)n3)cc12. The fourth-order valence-electron chi connectivity index (χ4n) is 3.07. The molecule has 138 valence electrons. The van der Waals surface area contributed by atoms with Crippen molar-refractivity contribution in [1.29, 1.82) is 0 Å². The van der Waals surface area contributed by atoms with Crippen molar-refractivity contribution in [2.24, 2.45) is 0 Å². The van der Waals surface area contributed by atoms with Gasteiger partial charge in [-0.05, 0) is 50.1 Å². The molecule has 0 atom stereocenters. The Labute approximate surface area is 153 Å². The van der Waals surface area contributed by atoms with E-state index in [1.165, 1.54) is 5.56 Å². The monoisotopic (exact) mass is 354 g/mol. The Balaban J connectivity index is 1.66. The standard InChI is InChI=1S/C20H26N4O2/c1-4-20(25)21-9-7-17-15(3)22-19-6-5-16(13-18(17)19)26-12-11-24-10-8-14(2)23-24/h5-6,8,10,13,22H,4,7,9,11-12H2,1-3H3,(H,21,25). The zero-order chi connectivity index (χ0) is 18.5. The minimum Gasteiger partial charge on any atom is -0.492 e. The highest BCUT2D eigenvalue weighted by molar-refractivity contribution is 5.86. The fraction of sp³-hybridized carbons (Fsp3) is 0.400. The fourth-order valence-corrected chi connectivity index (χ4v) is 3.07. The van der Waals surface area contributed by atoms with Gasteiger partial charge in [0.15, 0.2) is 0 Å². The quantitative estimate of drug-likeness (QED) is 0.653. The van der Waals surface area contributed by atoms with Crippen molar-refractivity contribution in [3.63, 3.8) is 0 Å². The Kier molecular flexibility index (Phi) is 5.61. The van der Waals surface area contributed by atoms with Crippen molar-refractivity contribution in [2.45, 2.75) is 40.2 Å². The van der Waals surface area contributed by atoms with Crippen LogP contribution in [0.25, 0.3) is 10.9 Å². The first-order valence-electron chi connectivity index (χ1n) is 9.07. The van der Waals surface area contributed by atoms with Crippen LogP contribution < -0.4 is 10.1 Å².